The van der Waals surface area contributed by atoms with Gasteiger partial charge in [0.25, 0.3) is 6.04 Å². The Morgan fingerprint density at radius 2 is 1.76 bits per heavy atom. The highest BCUT2D eigenvalue weighted by Crippen LogP contribution is 1.99. The van der Waals surface area contributed by atoms with E-state index in [-0.39, 0.29) is 0 Å². The maximum atomic E-state index is 11.3. The fourth-order valence-electron chi connectivity index (χ4n) is 1.05. The van der Waals surface area contributed by atoms with E-state index in [0.29, 0.717) is 0 Å². The van der Waals surface area contributed by atoms with E-state index in [4.69, 9.17) is 5.11 Å². The van der Waals surface area contributed by atoms with Gasteiger partial charge in [0.05, 0.1) is 7.11 Å². The third-order valence-corrected chi connectivity index (χ3v) is 2.15. The zero-order valence-electron chi connectivity index (χ0n) is 11.6. The largest absolute Gasteiger partial charge is 0.476 e. The Balaban J connectivity index is 4.12. The summed E-state index contributed by atoms with van der Waals surface area (Å²) in [5, 5.41) is 8.82. The Morgan fingerprint density at radius 1 is 1.19 bits per heavy atom. The molecule has 21 heavy (non-hydrogen) atoms. The molecule has 1 atom stereocenters. The summed E-state index contributed by atoms with van der Waals surface area (Å²) < 4.78 is 14.3. The summed E-state index contributed by atoms with van der Waals surface area (Å²) >= 11 is 0. The first kappa shape index (κ1) is 18.3. The van der Waals surface area contributed by atoms with Crippen molar-refractivity contribution in [1.29, 1.82) is 0 Å². The van der Waals surface area contributed by atoms with Crippen LogP contribution in [-0.2, 0) is 33.4 Å². The average molecular weight is 302 g/mol. The van der Waals surface area contributed by atoms with Gasteiger partial charge >= 0.3 is 23.9 Å². The van der Waals surface area contributed by atoms with Crippen LogP contribution in [0.1, 0.15) is 6.42 Å². The van der Waals surface area contributed by atoms with E-state index in [1.54, 1.807) is 0 Å². The number of nitrogens with zero attached hydrogens (tertiary/aromatic N) is 1. The van der Waals surface area contributed by atoms with E-state index >= 15 is 0 Å². The minimum absolute atomic E-state index is 0.453. The van der Waals surface area contributed by atoms with E-state index in [1.807, 2.05) is 0 Å². The standard InChI is InChI=1S/C12H15NO8/c1-13(2)8(12(17)18)6-11(16)21-7-20-10(15)5-4-9(14)19-3/h4-5,8H,1,6-7H2,2-3H3/p+1/b5-4+/t8-/m0/s1. The molecular formula is C12H16NO8+. The summed E-state index contributed by atoms with van der Waals surface area (Å²) in [4.78, 5) is 43.9. The van der Waals surface area contributed by atoms with Crippen molar-refractivity contribution in [2.24, 2.45) is 0 Å². The molecule has 9 nitrogen and oxygen atoms in total. The van der Waals surface area contributed by atoms with Gasteiger partial charge in [0.2, 0.25) is 6.79 Å². The van der Waals surface area contributed by atoms with E-state index in [9.17, 15) is 19.2 Å². The number of rotatable bonds is 8. The summed E-state index contributed by atoms with van der Waals surface area (Å²) in [5.74, 6) is -3.77. The molecule has 0 rings (SSSR count). The third-order valence-electron chi connectivity index (χ3n) is 2.15. The normalized spacial score (nSPS) is 11.5. The molecule has 9 heteroatoms. The molecule has 0 bridgehead atoms. The summed E-state index contributed by atoms with van der Waals surface area (Å²) in [6.45, 7) is 2.68. The smallest absolute Gasteiger partial charge is 0.373 e. The molecule has 0 amide bonds. The van der Waals surface area contributed by atoms with Crippen LogP contribution in [0.15, 0.2) is 12.2 Å². The average Bonchev–Trinajstić information content (AvgIpc) is 2.41. The number of ether oxygens (including phenoxy) is 3. The molecule has 0 fully saturated rings. The topological polar surface area (TPSA) is 119 Å². The number of methoxy groups -OCH3 is 1. The van der Waals surface area contributed by atoms with Crippen LogP contribution >= 0.6 is 0 Å². The van der Waals surface area contributed by atoms with Crippen LogP contribution < -0.4 is 0 Å². The first-order chi connectivity index (χ1) is 9.77. The highest BCUT2D eigenvalue weighted by molar-refractivity contribution is 5.91. The number of carbonyl (C=O) groups excluding carboxylic acids is 3. The SMILES string of the molecule is C=[N+](C)[C@@H](CC(=O)OCOC(=O)/C=C/C(=O)OC)C(=O)O. The maximum Gasteiger partial charge on any atom is 0.373 e. The van der Waals surface area contributed by atoms with Crippen molar-refractivity contribution in [1.82, 2.24) is 0 Å². The summed E-state index contributed by atoms with van der Waals surface area (Å²) in [7, 11) is 2.53. The number of aliphatic carboxylic acids is 1. The van der Waals surface area contributed by atoms with Crippen LogP contribution in [0, 0.1) is 0 Å². The number of hydrogen-bond donors (Lipinski definition) is 1. The summed E-state index contributed by atoms with van der Waals surface area (Å²) in [6.07, 6.45) is 1.18. The zero-order chi connectivity index (χ0) is 16.4. The van der Waals surface area contributed by atoms with Crippen LogP contribution in [0.3, 0.4) is 0 Å². The van der Waals surface area contributed by atoms with Crippen LogP contribution in [0.25, 0.3) is 0 Å². The maximum absolute atomic E-state index is 11.3. The Morgan fingerprint density at radius 3 is 2.24 bits per heavy atom. The van der Waals surface area contributed by atoms with Gasteiger partial charge in [0.1, 0.15) is 20.2 Å². The van der Waals surface area contributed by atoms with Crippen molar-refractivity contribution in [2.45, 2.75) is 12.5 Å². The minimum atomic E-state index is -1.23. The Hall–Kier alpha value is -2.71. The zero-order valence-corrected chi connectivity index (χ0v) is 11.6. The van der Waals surface area contributed by atoms with Gasteiger partial charge in [-0.15, -0.1) is 0 Å². The molecule has 0 aromatic carbocycles. The number of carboxylic acid groups (broad SMARTS) is 1. The van der Waals surface area contributed by atoms with Gasteiger partial charge in [0, 0.05) is 12.2 Å². The Labute approximate surface area is 120 Å². The van der Waals surface area contributed by atoms with Gasteiger partial charge in [-0.2, -0.15) is 0 Å². The minimum Gasteiger partial charge on any atom is -0.476 e. The molecule has 0 unspecified atom stereocenters. The lowest BCUT2D eigenvalue weighted by atomic mass is 10.2. The fourth-order valence-corrected chi connectivity index (χ4v) is 1.05. The van der Waals surface area contributed by atoms with Crippen molar-refractivity contribution in [3.8, 4) is 0 Å². The lowest BCUT2D eigenvalue weighted by molar-refractivity contribution is -0.517. The second-order valence-corrected chi connectivity index (χ2v) is 3.77. The second kappa shape index (κ2) is 9.23. The van der Waals surface area contributed by atoms with Gasteiger partial charge < -0.3 is 19.3 Å². The van der Waals surface area contributed by atoms with Gasteiger partial charge in [-0.3, -0.25) is 4.79 Å². The summed E-state index contributed by atoms with van der Waals surface area (Å²) in [6, 6.07) is -1.15. The lowest BCUT2D eigenvalue weighted by Gasteiger charge is -2.08. The molecule has 0 aromatic rings. The first-order valence-electron chi connectivity index (χ1n) is 5.62. The van der Waals surface area contributed by atoms with Crippen molar-refractivity contribution >= 4 is 30.6 Å². The monoisotopic (exact) mass is 302 g/mol. The van der Waals surface area contributed by atoms with E-state index in [2.05, 4.69) is 20.9 Å². The lowest BCUT2D eigenvalue weighted by Crippen LogP contribution is -2.34. The summed E-state index contributed by atoms with van der Waals surface area (Å²) in [5.41, 5.74) is 0. The van der Waals surface area contributed by atoms with E-state index < -0.39 is 43.1 Å². The van der Waals surface area contributed by atoms with Gasteiger partial charge in [-0.25, -0.2) is 19.0 Å². The number of carboxylic acids is 1. The highest BCUT2D eigenvalue weighted by Gasteiger charge is 2.29. The number of carbonyl (C=O) groups is 4. The highest BCUT2D eigenvalue weighted by atomic mass is 16.7. The molecule has 0 saturated carbocycles. The van der Waals surface area contributed by atoms with Crippen LogP contribution in [0.4, 0.5) is 0 Å². The molecule has 0 radical (unpaired) electrons. The van der Waals surface area contributed by atoms with Crippen molar-refractivity contribution in [3.05, 3.63) is 12.2 Å². The number of esters is 3. The predicted molar refractivity (Wildman–Crippen MR) is 67.6 cm³/mol. The van der Waals surface area contributed by atoms with Gasteiger partial charge in [0.15, 0.2) is 0 Å². The molecule has 0 aliphatic rings. The second-order valence-electron chi connectivity index (χ2n) is 3.77. The molecule has 0 heterocycles. The van der Waals surface area contributed by atoms with Crippen LogP contribution in [0.5, 0.6) is 0 Å². The van der Waals surface area contributed by atoms with Crippen molar-refractivity contribution in [2.75, 3.05) is 21.0 Å². The fraction of sp³-hybridized carbons (Fsp3) is 0.417. The van der Waals surface area contributed by atoms with Gasteiger partial charge in [-0.05, 0) is 0 Å². The molecule has 116 valence electrons. The van der Waals surface area contributed by atoms with Crippen molar-refractivity contribution < 1.29 is 43.1 Å². The number of hydrogen-bond acceptors (Lipinski definition) is 7. The quantitative estimate of drug-likeness (QED) is 0.198. The molecule has 0 aliphatic heterocycles. The predicted octanol–water partition coefficient (Wildman–Crippen LogP) is -1.05. The molecule has 0 aliphatic carbocycles. The molecule has 0 spiro atoms. The van der Waals surface area contributed by atoms with E-state index in [1.165, 1.54) is 7.05 Å². The number of likely N-dealkylation sites (N-methyl/N-ethyl adjacent to an activating group) is 1. The molecule has 0 saturated heterocycles. The third kappa shape index (κ3) is 8.14. The first-order valence-corrected chi connectivity index (χ1v) is 5.62. The molecule has 0 aromatic heterocycles. The molecular weight excluding hydrogens is 286 g/mol. The Kier molecular flexibility index (Phi) is 8.04. The van der Waals surface area contributed by atoms with Crippen LogP contribution in [-0.4, -0.2) is 67.3 Å². The van der Waals surface area contributed by atoms with Crippen LogP contribution in [0.2, 0.25) is 0 Å². The van der Waals surface area contributed by atoms with Crippen molar-refractivity contribution in [3.63, 3.8) is 0 Å². The van der Waals surface area contributed by atoms with E-state index in [0.717, 1.165) is 23.8 Å². The molecule has 1 N–H and O–H groups in total. The van der Waals surface area contributed by atoms with Gasteiger partial charge in [-0.1, -0.05) is 0 Å². The Bertz CT molecular complexity index is 454.